The maximum atomic E-state index is 13.2. The van der Waals surface area contributed by atoms with E-state index in [9.17, 15) is 14.9 Å². The topological polar surface area (TPSA) is 78.6 Å². The Balaban J connectivity index is 1.46. The molecular formula is C28H34N4O3. The van der Waals surface area contributed by atoms with Gasteiger partial charge < -0.3 is 19.1 Å². The molecule has 35 heavy (non-hydrogen) atoms. The second kappa shape index (κ2) is 10.8. The second-order valence-electron chi connectivity index (χ2n) is 9.48. The molecule has 4 rings (SSSR count). The summed E-state index contributed by atoms with van der Waals surface area (Å²) in [6, 6.07) is 11.9. The van der Waals surface area contributed by atoms with Gasteiger partial charge in [-0.25, -0.2) is 0 Å². The molecule has 0 spiro atoms. The number of nitrogens with zero attached hydrogens (tertiary/aromatic N) is 4. The number of hydrogen-bond acceptors (Lipinski definition) is 4. The monoisotopic (exact) mass is 474 g/mol. The van der Waals surface area contributed by atoms with Gasteiger partial charge >= 0.3 is 0 Å². The van der Waals surface area contributed by atoms with Gasteiger partial charge in [0.15, 0.2) is 0 Å². The van der Waals surface area contributed by atoms with Crippen LogP contribution >= 0.6 is 0 Å². The number of carbonyl (C=O) groups excluding carboxylic acids is 2. The fourth-order valence-electron chi connectivity index (χ4n) is 5.23. The van der Waals surface area contributed by atoms with Crippen LogP contribution in [0, 0.1) is 31.1 Å². The molecule has 2 amide bonds. The van der Waals surface area contributed by atoms with Crippen LogP contribution in [-0.2, 0) is 9.59 Å². The van der Waals surface area contributed by atoms with Gasteiger partial charge in [0.2, 0.25) is 5.91 Å². The molecule has 0 atom stereocenters. The third-order valence-corrected chi connectivity index (χ3v) is 7.25. The van der Waals surface area contributed by atoms with Crippen molar-refractivity contribution in [3.8, 4) is 17.5 Å². The summed E-state index contributed by atoms with van der Waals surface area (Å²) in [7, 11) is 1.64. The molecule has 0 unspecified atom stereocenters. The number of rotatable bonds is 5. The molecular weight excluding hydrogens is 440 g/mol. The molecule has 0 radical (unpaired) electrons. The number of likely N-dealkylation sites (tertiary alicyclic amines) is 2. The minimum absolute atomic E-state index is 0.0184. The lowest BCUT2D eigenvalue weighted by Gasteiger charge is -2.35. The highest BCUT2D eigenvalue weighted by Gasteiger charge is 2.31. The molecule has 3 heterocycles. The number of aromatic nitrogens is 1. The van der Waals surface area contributed by atoms with Crippen molar-refractivity contribution in [2.24, 2.45) is 5.92 Å². The number of aryl methyl sites for hydroxylation is 1. The van der Waals surface area contributed by atoms with Crippen LogP contribution in [0.15, 0.2) is 35.9 Å². The molecule has 1 aromatic carbocycles. The van der Waals surface area contributed by atoms with E-state index >= 15 is 0 Å². The maximum Gasteiger partial charge on any atom is 0.264 e. The minimum Gasteiger partial charge on any atom is -0.497 e. The lowest BCUT2D eigenvalue weighted by Crippen LogP contribution is -2.46. The van der Waals surface area contributed by atoms with Crippen LogP contribution in [0.1, 0.15) is 49.1 Å². The van der Waals surface area contributed by atoms with Gasteiger partial charge in [-0.2, -0.15) is 5.26 Å². The van der Waals surface area contributed by atoms with E-state index in [1.54, 1.807) is 18.1 Å². The first-order chi connectivity index (χ1) is 16.9. The van der Waals surface area contributed by atoms with E-state index in [-0.39, 0.29) is 23.3 Å². The quantitative estimate of drug-likeness (QED) is 0.479. The van der Waals surface area contributed by atoms with Crippen LogP contribution in [0.5, 0.6) is 5.75 Å². The molecule has 2 aromatic rings. The zero-order valence-electron chi connectivity index (χ0n) is 20.9. The van der Waals surface area contributed by atoms with Gasteiger partial charge in [-0.3, -0.25) is 9.59 Å². The van der Waals surface area contributed by atoms with Crippen molar-refractivity contribution in [1.82, 2.24) is 14.4 Å². The Morgan fingerprint density at radius 3 is 2.26 bits per heavy atom. The first-order valence-electron chi connectivity index (χ1n) is 12.5. The second-order valence-corrected chi connectivity index (χ2v) is 9.48. The van der Waals surface area contributed by atoms with Crippen molar-refractivity contribution in [1.29, 1.82) is 5.26 Å². The zero-order chi connectivity index (χ0) is 24.9. The van der Waals surface area contributed by atoms with Gasteiger partial charge in [-0.05, 0) is 87.9 Å². The van der Waals surface area contributed by atoms with Crippen molar-refractivity contribution < 1.29 is 14.3 Å². The van der Waals surface area contributed by atoms with E-state index in [1.807, 2.05) is 49.1 Å². The number of methoxy groups -OCH3 is 1. The van der Waals surface area contributed by atoms with E-state index in [1.165, 1.54) is 6.42 Å². The van der Waals surface area contributed by atoms with Gasteiger partial charge in [0.1, 0.15) is 17.4 Å². The summed E-state index contributed by atoms with van der Waals surface area (Å²) in [5.74, 6) is 0.745. The summed E-state index contributed by atoms with van der Waals surface area (Å²) >= 11 is 0. The van der Waals surface area contributed by atoms with Crippen LogP contribution in [0.4, 0.5) is 0 Å². The summed E-state index contributed by atoms with van der Waals surface area (Å²) in [6.07, 6.45) is 6.37. The van der Waals surface area contributed by atoms with Crippen LogP contribution in [0.25, 0.3) is 11.8 Å². The van der Waals surface area contributed by atoms with Gasteiger partial charge in [0.05, 0.1) is 7.11 Å². The van der Waals surface area contributed by atoms with E-state index < -0.39 is 0 Å². The minimum atomic E-state index is -0.259. The Bertz CT molecular complexity index is 1140. The van der Waals surface area contributed by atoms with E-state index in [4.69, 9.17) is 4.74 Å². The summed E-state index contributed by atoms with van der Waals surface area (Å²) in [5, 5.41) is 9.79. The Morgan fingerprint density at radius 2 is 1.66 bits per heavy atom. The molecule has 0 bridgehead atoms. The third-order valence-electron chi connectivity index (χ3n) is 7.25. The zero-order valence-corrected chi connectivity index (χ0v) is 20.9. The van der Waals surface area contributed by atoms with Crippen LogP contribution in [0.2, 0.25) is 0 Å². The SMILES string of the molecule is COc1ccc(-n2c(C)cc(C=C(C#N)C(=O)N3CCC(C(=O)N4CCCCC4)CC3)c2C)cc1. The Hall–Kier alpha value is -3.53. The molecule has 7 heteroatoms. The summed E-state index contributed by atoms with van der Waals surface area (Å²) in [5.41, 5.74) is 3.93. The predicted molar refractivity (Wildman–Crippen MR) is 135 cm³/mol. The average molecular weight is 475 g/mol. The smallest absolute Gasteiger partial charge is 0.264 e. The van der Waals surface area contributed by atoms with E-state index in [0.717, 1.165) is 54.3 Å². The molecule has 0 N–H and O–H groups in total. The molecule has 0 saturated carbocycles. The highest BCUT2D eigenvalue weighted by Crippen LogP contribution is 2.26. The average Bonchev–Trinajstić information content (AvgIpc) is 3.19. The number of benzene rings is 1. The van der Waals surface area contributed by atoms with Crippen molar-refractivity contribution in [2.75, 3.05) is 33.3 Å². The standard InChI is InChI=1S/C28H34N4O3/c1-20-17-23(21(2)32(20)25-7-9-26(35-3)10-8-25)18-24(19-29)28(34)31-15-11-22(12-16-31)27(33)30-13-5-4-6-14-30/h7-10,17-18,22H,4-6,11-16H2,1-3H3. The number of piperidine rings is 2. The Morgan fingerprint density at radius 1 is 1.00 bits per heavy atom. The number of hydrogen-bond donors (Lipinski definition) is 0. The summed E-state index contributed by atoms with van der Waals surface area (Å²) < 4.78 is 7.35. The number of carbonyl (C=O) groups is 2. The van der Waals surface area contributed by atoms with E-state index in [0.29, 0.717) is 25.9 Å². The van der Waals surface area contributed by atoms with Crippen LogP contribution < -0.4 is 4.74 Å². The van der Waals surface area contributed by atoms with Gasteiger partial charge in [0.25, 0.3) is 5.91 Å². The molecule has 2 aliphatic heterocycles. The normalized spacial score (nSPS) is 17.3. The number of ether oxygens (including phenoxy) is 1. The highest BCUT2D eigenvalue weighted by atomic mass is 16.5. The molecule has 0 aliphatic carbocycles. The maximum absolute atomic E-state index is 13.2. The third kappa shape index (κ3) is 5.27. The molecule has 184 valence electrons. The Labute approximate surface area is 207 Å². The van der Waals surface area contributed by atoms with Gasteiger partial charge in [-0.15, -0.1) is 0 Å². The van der Waals surface area contributed by atoms with Crippen LogP contribution in [-0.4, -0.2) is 59.5 Å². The molecule has 7 nitrogen and oxygen atoms in total. The van der Waals surface area contributed by atoms with Gasteiger partial charge in [0, 0.05) is 49.2 Å². The largest absolute Gasteiger partial charge is 0.497 e. The van der Waals surface area contributed by atoms with E-state index in [2.05, 4.69) is 10.6 Å². The number of amides is 2. The fraction of sp³-hybridized carbons (Fsp3) is 0.464. The lowest BCUT2D eigenvalue weighted by atomic mass is 9.94. The van der Waals surface area contributed by atoms with Crippen molar-refractivity contribution in [2.45, 2.75) is 46.0 Å². The Kier molecular flexibility index (Phi) is 7.60. The van der Waals surface area contributed by atoms with Gasteiger partial charge in [-0.1, -0.05) is 0 Å². The predicted octanol–water partition coefficient (Wildman–Crippen LogP) is 4.26. The lowest BCUT2D eigenvalue weighted by molar-refractivity contribution is -0.140. The fourth-order valence-corrected chi connectivity index (χ4v) is 5.23. The molecule has 2 saturated heterocycles. The highest BCUT2D eigenvalue weighted by molar-refractivity contribution is 6.02. The first-order valence-corrected chi connectivity index (χ1v) is 12.5. The first kappa shape index (κ1) is 24.6. The number of nitriles is 1. The van der Waals surface area contributed by atoms with Crippen molar-refractivity contribution in [3.05, 3.63) is 52.9 Å². The van der Waals surface area contributed by atoms with Crippen molar-refractivity contribution in [3.63, 3.8) is 0 Å². The van der Waals surface area contributed by atoms with Crippen LogP contribution in [0.3, 0.4) is 0 Å². The molecule has 1 aromatic heterocycles. The molecule has 2 aliphatic rings. The summed E-state index contributed by atoms with van der Waals surface area (Å²) in [6.45, 7) is 6.72. The molecule has 2 fully saturated rings. The summed E-state index contributed by atoms with van der Waals surface area (Å²) in [4.78, 5) is 29.7. The van der Waals surface area contributed by atoms with Crippen molar-refractivity contribution >= 4 is 17.9 Å².